The van der Waals surface area contributed by atoms with Gasteiger partial charge in [0.2, 0.25) is 10.0 Å². The van der Waals surface area contributed by atoms with Crippen molar-refractivity contribution < 1.29 is 13.5 Å². The predicted octanol–water partition coefficient (Wildman–Crippen LogP) is 0.723. The molecule has 0 aromatic rings. The van der Waals surface area contributed by atoms with Crippen molar-refractivity contribution >= 4 is 10.0 Å². The van der Waals surface area contributed by atoms with E-state index in [4.69, 9.17) is 5.11 Å². The summed E-state index contributed by atoms with van der Waals surface area (Å²) in [6.07, 6.45) is 2.20. The van der Waals surface area contributed by atoms with Gasteiger partial charge in [-0.2, -0.15) is 0 Å². The number of aliphatic hydroxyl groups is 1. The Balaban J connectivity index is 2.51. The van der Waals surface area contributed by atoms with Crippen LogP contribution in [0.4, 0.5) is 0 Å². The van der Waals surface area contributed by atoms with Gasteiger partial charge in [0.25, 0.3) is 0 Å². The van der Waals surface area contributed by atoms with Gasteiger partial charge in [-0.25, -0.2) is 13.1 Å². The normalized spacial score (nSPS) is 21.7. The number of sulfonamides is 1. The highest BCUT2D eigenvalue weighted by Crippen LogP contribution is 2.51. The molecule has 1 aliphatic carbocycles. The molecule has 2 N–H and O–H groups in total. The summed E-state index contributed by atoms with van der Waals surface area (Å²) >= 11 is 0. The fourth-order valence-electron chi connectivity index (χ4n) is 1.60. The van der Waals surface area contributed by atoms with Gasteiger partial charge >= 0.3 is 0 Å². The first-order chi connectivity index (χ1) is 6.84. The van der Waals surface area contributed by atoms with E-state index in [1.807, 2.05) is 0 Å². The van der Waals surface area contributed by atoms with Crippen LogP contribution < -0.4 is 4.72 Å². The molecule has 1 unspecified atom stereocenters. The van der Waals surface area contributed by atoms with Crippen LogP contribution in [0.15, 0.2) is 0 Å². The van der Waals surface area contributed by atoms with E-state index in [2.05, 4.69) is 18.6 Å². The van der Waals surface area contributed by atoms with Crippen molar-refractivity contribution in [3.8, 4) is 0 Å². The third-order valence-electron chi connectivity index (χ3n) is 3.53. The summed E-state index contributed by atoms with van der Waals surface area (Å²) in [5.74, 6) is 0.504. The Morgan fingerprint density at radius 1 is 1.33 bits per heavy atom. The molecule has 0 radical (unpaired) electrons. The van der Waals surface area contributed by atoms with Gasteiger partial charge in [0, 0.05) is 6.54 Å². The molecule has 0 aromatic carbocycles. The largest absolute Gasteiger partial charge is 0.395 e. The Morgan fingerprint density at radius 3 is 2.20 bits per heavy atom. The summed E-state index contributed by atoms with van der Waals surface area (Å²) in [5, 5.41) is 8.08. The first kappa shape index (κ1) is 12.9. The van der Waals surface area contributed by atoms with Crippen LogP contribution in [0.5, 0.6) is 0 Å². The molecule has 1 saturated carbocycles. The first-order valence-corrected chi connectivity index (χ1v) is 6.98. The Hall–Kier alpha value is -0.130. The second kappa shape index (κ2) is 4.39. The Kier molecular flexibility index (Phi) is 3.79. The standard InChI is InChI=1S/C10H21NO3S/c1-8(2)10(4-5-10)7-11-15(13,14)9(3)6-12/h8-9,11-12H,4-7H2,1-3H3. The minimum Gasteiger partial charge on any atom is -0.395 e. The fraction of sp³-hybridized carbons (Fsp3) is 1.00. The van der Waals surface area contributed by atoms with E-state index < -0.39 is 15.3 Å². The third-order valence-corrected chi connectivity index (χ3v) is 5.28. The van der Waals surface area contributed by atoms with Gasteiger partial charge < -0.3 is 5.11 Å². The van der Waals surface area contributed by atoms with Crippen molar-refractivity contribution in [1.29, 1.82) is 0 Å². The molecule has 0 saturated heterocycles. The molecular weight excluding hydrogens is 214 g/mol. The smallest absolute Gasteiger partial charge is 0.216 e. The van der Waals surface area contributed by atoms with Crippen molar-refractivity contribution in [3.63, 3.8) is 0 Å². The average Bonchev–Trinajstić information content (AvgIpc) is 2.94. The van der Waals surface area contributed by atoms with Crippen molar-refractivity contribution in [2.45, 2.75) is 38.9 Å². The van der Waals surface area contributed by atoms with Crippen LogP contribution in [0.1, 0.15) is 33.6 Å². The summed E-state index contributed by atoms with van der Waals surface area (Å²) in [5.41, 5.74) is 0.169. The Bertz CT molecular complexity index is 307. The highest BCUT2D eigenvalue weighted by atomic mass is 32.2. The lowest BCUT2D eigenvalue weighted by Crippen LogP contribution is -2.39. The van der Waals surface area contributed by atoms with Gasteiger partial charge in [-0.05, 0) is 31.1 Å². The van der Waals surface area contributed by atoms with Crippen LogP contribution in [0.3, 0.4) is 0 Å². The molecule has 0 aromatic heterocycles. The minimum absolute atomic E-state index is 0.169. The molecule has 15 heavy (non-hydrogen) atoms. The second-order valence-electron chi connectivity index (χ2n) is 4.88. The number of rotatable bonds is 6. The van der Waals surface area contributed by atoms with Gasteiger partial charge in [-0.15, -0.1) is 0 Å². The fourth-order valence-corrected chi connectivity index (χ4v) is 2.57. The molecule has 5 heteroatoms. The zero-order chi connectivity index (χ0) is 11.7. The van der Waals surface area contributed by atoms with Crippen molar-refractivity contribution in [1.82, 2.24) is 4.72 Å². The summed E-state index contributed by atoms with van der Waals surface area (Å²) in [7, 11) is -3.34. The monoisotopic (exact) mass is 235 g/mol. The maximum atomic E-state index is 11.6. The molecule has 0 bridgehead atoms. The van der Waals surface area contributed by atoms with Crippen LogP contribution in [0.2, 0.25) is 0 Å². The van der Waals surface area contributed by atoms with Gasteiger partial charge in [0.15, 0.2) is 0 Å². The van der Waals surface area contributed by atoms with Crippen molar-refractivity contribution in [2.24, 2.45) is 11.3 Å². The van der Waals surface area contributed by atoms with Crippen LogP contribution >= 0.6 is 0 Å². The van der Waals surface area contributed by atoms with Gasteiger partial charge in [0.1, 0.15) is 0 Å². The lowest BCUT2D eigenvalue weighted by molar-refractivity contribution is 0.293. The third kappa shape index (κ3) is 2.92. The molecule has 1 fully saturated rings. The maximum absolute atomic E-state index is 11.6. The Labute approximate surface area is 92.1 Å². The molecule has 0 amide bonds. The topological polar surface area (TPSA) is 66.4 Å². The van der Waals surface area contributed by atoms with Crippen LogP contribution in [0.25, 0.3) is 0 Å². The lowest BCUT2D eigenvalue weighted by Gasteiger charge is -2.21. The number of aliphatic hydroxyl groups excluding tert-OH is 1. The number of nitrogens with one attached hydrogen (secondary N) is 1. The predicted molar refractivity (Wildman–Crippen MR) is 60.0 cm³/mol. The summed E-state index contributed by atoms with van der Waals surface area (Å²) < 4.78 is 25.8. The van der Waals surface area contributed by atoms with Crippen LogP contribution in [-0.4, -0.2) is 31.9 Å². The molecule has 1 aliphatic rings. The van der Waals surface area contributed by atoms with E-state index in [0.29, 0.717) is 12.5 Å². The van der Waals surface area contributed by atoms with E-state index in [1.165, 1.54) is 6.92 Å². The Morgan fingerprint density at radius 2 is 1.87 bits per heavy atom. The average molecular weight is 235 g/mol. The zero-order valence-corrected chi connectivity index (χ0v) is 10.5. The SMILES string of the molecule is CC(C)C1(CNS(=O)(=O)C(C)CO)CC1. The van der Waals surface area contributed by atoms with Gasteiger partial charge in [-0.1, -0.05) is 13.8 Å². The summed E-state index contributed by atoms with van der Waals surface area (Å²) in [6, 6.07) is 0. The molecule has 0 heterocycles. The molecular formula is C10H21NO3S. The number of hydrogen-bond donors (Lipinski definition) is 2. The second-order valence-corrected chi connectivity index (χ2v) is 7.06. The van der Waals surface area contributed by atoms with Crippen LogP contribution in [0, 0.1) is 11.3 Å². The van der Waals surface area contributed by atoms with Crippen molar-refractivity contribution in [3.05, 3.63) is 0 Å². The van der Waals surface area contributed by atoms with E-state index in [0.717, 1.165) is 12.8 Å². The van der Waals surface area contributed by atoms with E-state index in [-0.39, 0.29) is 12.0 Å². The molecule has 1 atom stereocenters. The summed E-state index contributed by atoms with van der Waals surface area (Å²) in [6.45, 7) is 5.94. The van der Waals surface area contributed by atoms with E-state index >= 15 is 0 Å². The zero-order valence-electron chi connectivity index (χ0n) is 9.66. The molecule has 0 spiro atoms. The highest BCUT2D eigenvalue weighted by Gasteiger charge is 2.45. The first-order valence-electron chi connectivity index (χ1n) is 5.43. The van der Waals surface area contributed by atoms with Gasteiger partial charge in [0.05, 0.1) is 11.9 Å². The number of hydrogen-bond acceptors (Lipinski definition) is 3. The van der Waals surface area contributed by atoms with Crippen molar-refractivity contribution in [2.75, 3.05) is 13.2 Å². The van der Waals surface area contributed by atoms with E-state index in [1.54, 1.807) is 0 Å². The van der Waals surface area contributed by atoms with Gasteiger partial charge in [-0.3, -0.25) is 0 Å². The minimum atomic E-state index is -3.34. The lowest BCUT2D eigenvalue weighted by atomic mass is 9.93. The quantitative estimate of drug-likeness (QED) is 0.713. The molecule has 0 aliphatic heterocycles. The van der Waals surface area contributed by atoms with E-state index in [9.17, 15) is 8.42 Å². The van der Waals surface area contributed by atoms with Crippen LogP contribution in [-0.2, 0) is 10.0 Å². The molecule has 1 rings (SSSR count). The molecule has 90 valence electrons. The summed E-state index contributed by atoms with van der Waals surface area (Å²) in [4.78, 5) is 0. The maximum Gasteiger partial charge on any atom is 0.216 e. The molecule has 4 nitrogen and oxygen atoms in total. The highest BCUT2D eigenvalue weighted by molar-refractivity contribution is 7.90.